The van der Waals surface area contributed by atoms with Gasteiger partial charge in [0.1, 0.15) is 0 Å². The number of nitrogens with one attached hydrogen (secondary N) is 1. The summed E-state index contributed by atoms with van der Waals surface area (Å²) < 4.78 is 4.97. The van der Waals surface area contributed by atoms with Gasteiger partial charge in [0.2, 0.25) is 5.91 Å². The summed E-state index contributed by atoms with van der Waals surface area (Å²) in [6.45, 7) is 6.83. The van der Waals surface area contributed by atoms with E-state index in [1.807, 2.05) is 4.90 Å². The lowest BCUT2D eigenvalue weighted by molar-refractivity contribution is -0.135. The van der Waals surface area contributed by atoms with Gasteiger partial charge in [-0.2, -0.15) is 0 Å². The normalized spacial score (nSPS) is 31.4. The predicted molar refractivity (Wildman–Crippen MR) is 94.3 cm³/mol. The van der Waals surface area contributed by atoms with Crippen LogP contribution in [0.5, 0.6) is 0 Å². The zero-order valence-corrected chi connectivity index (χ0v) is 15.0. The van der Waals surface area contributed by atoms with Crippen LogP contribution in [-0.4, -0.2) is 43.1 Å². The molecule has 2 saturated heterocycles. The highest BCUT2D eigenvalue weighted by molar-refractivity contribution is 5.80. The summed E-state index contributed by atoms with van der Waals surface area (Å²) in [5.41, 5.74) is 4.12. The molecule has 4 atom stereocenters. The summed E-state index contributed by atoms with van der Waals surface area (Å²) in [6, 6.07) is 6.78. The van der Waals surface area contributed by atoms with Crippen molar-refractivity contribution in [2.45, 2.75) is 32.6 Å². The molecule has 4 rings (SSSR count). The van der Waals surface area contributed by atoms with E-state index in [2.05, 4.69) is 37.4 Å². The van der Waals surface area contributed by atoms with Gasteiger partial charge in [-0.3, -0.25) is 4.79 Å². The average molecular weight is 342 g/mol. The minimum atomic E-state index is -0.406. The molecular weight excluding hydrogens is 316 g/mol. The molecule has 2 aliphatic heterocycles. The molecule has 2 amide bonds. The van der Waals surface area contributed by atoms with Gasteiger partial charge in [0.05, 0.1) is 12.5 Å². The molecular formula is C20H26N2O3. The molecule has 1 aromatic carbocycles. The fourth-order valence-corrected chi connectivity index (χ4v) is 4.50. The Labute approximate surface area is 148 Å². The number of ether oxygens (including phenoxy) is 1. The SMILES string of the molecule is Cc1ccc(C2[C@H]3CN(C(=O)[C@@H]4CCCOC(=O)NC4)C[C@@H]23)cc1C. The third-order valence-electron chi connectivity index (χ3n) is 6.19. The van der Waals surface area contributed by atoms with Crippen molar-refractivity contribution < 1.29 is 14.3 Å². The summed E-state index contributed by atoms with van der Waals surface area (Å²) >= 11 is 0. The van der Waals surface area contributed by atoms with E-state index in [0.29, 0.717) is 30.9 Å². The van der Waals surface area contributed by atoms with E-state index in [9.17, 15) is 9.59 Å². The van der Waals surface area contributed by atoms with Gasteiger partial charge in [0.15, 0.2) is 0 Å². The maximum atomic E-state index is 12.8. The Morgan fingerprint density at radius 3 is 2.68 bits per heavy atom. The second-order valence-electron chi connectivity index (χ2n) is 7.80. The van der Waals surface area contributed by atoms with Gasteiger partial charge in [-0.15, -0.1) is 0 Å². The van der Waals surface area contributed by atoms with E-state index in [0.717, 1.165) is 25.9 Å². The maximum Gasteiger partial charge on any atom is 0.407 e. The van der Waals surface area contributed by atoms with Crippen molar-refractivity contribution in [2.75, 3.05) is 26.2 Å². The number of benzene rings is 1. The first kappa shape index (κ1) is 16.4. The Morgan fingerprint density at radius 1 is 1.20 bits per heavy atom. The molecule has 1 aliphatic carbocycles. The lowest BCUT2D eigenvalue weighted by Crippen LogP contribution is -2.43. The molecule has 0 spiro atoms. The lowest BCUT2D eigenvalue weighted by atomic mass is 9.99. The molecule has 2 heterocycles. The fraction of sp³-hybridized carbons (Fsp3) is 0.600. The van der Waals surface area contributed by atoms with Crippen LogP contribution in [0.1, 0.15) is 35.4 Å². The number of hydrogen-bond acceptors (Lipinski definition) is 3. The molecule has 1 saturated carbocycles. The zero-order valence-electron chi connectivity index (χ0n) is 15.0. The predicted octanol–water partition coefficient (Wildman–Crippen LogP) is 2.61. The third kappa shape index (κ3) is 3.12. The molecule has 1 unspecified atom stereocenters. The lowest BCUT2D eigenvalue weighted by Gasteiger charge is -2.27. The zero-order chi connectivity index (χ0) is 17.6. The summed E-state index contributed by atoms with van der Waals surface area (Å²) in [6.07, 6.45) is 1.14. The van der Waals surface area contributed by atoms with Gasteiger partial charge >= 0.3 is 6.09 Å². The van der Waals surface area contributed by atoms with Crippen molar-refractivity contribution in [3.05, 3.63) is 34.9 Å². The second-order valence-corrected chi connectivity index (χ2v) is 7.80. The number of likely N-dealkylation sites (tertiary alicyclic amines) is 1. The number of nitrogens with zero attached hydrogens (tertiary/aromatic N) is 1. The Morgan fingerprint density at radius 2 is 1.96 bits per heavy atom. The van der Waals surface area contributed by atoms with Crippen LogP contribution < -0.4 is 5.32 Å². The van der Waals surface area contributed by atoms with E-state index < -0.39 is 6.09 Å². The van der Waals surface area contributed by atoms with Crippen molar-refractivity contribution in [1.29, 1.82) is 0 Å². The largest absolute Gasteiger partial charge is 0.450 e. The highest BCUT2D eigenvalue weighted by Crippen LogP contribution is 2.58. The second kappa shape index (κ2) is 6.36. The number of rotatable bonds is 2. The van der Waals surface area contributed by atoms with E-state index in [1.54, 1.807) is 0 Å². The number of piperidine rings is 1. The van der Waals surface area contributed by atoms with E-state index in [1.165, 1.54) is 16.7 Å². The van der Waals surface area contributed by atoms with Crippen LogP contribution in [0.25, 0.3) is 0 Å². The van der Waals surface area contributed by atoms with Gasteiger partial charge in [0.25, 0.3) is 0 Å². The van der Waals surface area contributed by atoms with Gasteiger partial charge in [-0.1, -0.05) is 18.2 Å². The molecule has 1 N–H and O–H groups in total. The molecule has 3 fully saturated rings. The number of hydrogen-bond donors (Lipinski definition) is 1. The Hall–Kier alpha value is -2.04. The highest BCUT2D eigenvalue weighted by Gasteiger charge is 2.57. The standard InChI is InChI=1S/C20H26N2O3/c1-12-5-6-14(8-13(12)2)18-16-10-22(11-17(16)18)19(23)15-4-3-7-25-20(24)21-9-15/h5-6,8,15-18H,3-4,7,9-11H2,1-2H3,(H,21,24)/t15-,16-,17+,18?/m1/s1. The summed E-state index contributed by atoms with van der Waals surface area (Å²) in [5, 5.41) is 2.70. The smallest absolute Gasteiger partial charge is 0.407 e. The van der Waals surface area contributed by atoms with Crippen LogP contribution in [0, 0.1) is 31.6 Å². The van der Waals surface area contributed by atoms with Gasteiger partial charge < -0.3 is 15.0 Å². The van der Waals surface area contributed by atoms with Crippen LogP contribution in [0.3, 0.4) is 0 Å². The number of alkyl carbamates (subject to hydrolysis) is 1. The van der Waals surface area contributed by atoms with Crippen LogP contribution >= 0.6 is 0 Å². The minimum absolute atomic E-state index is 0.106. The molecule has 0 bridgehead atoms. The maximum absolute atomic E-state index is 12.8. The number of fused-ring (bicyclic) bond motifs is 1. The summed E-state index contributed by atoms with van der Waals surface area (Å²) in [4.78, 5) is 26.2. The molecule has 1 aromatic rings. The van der Waals surface area contributed by atoms with Gasteiger partial charge in [0, 0.05) is 19.6 Å². The first-order chi connectivity index (χ1) is 12.0. The monoisotopic (exact) mass is 342 g/mol. The Balaban J connectivity index is 1.36. The fourth-order valence-electron chi connectivity index (χ4n) is 4.50. The van der Waals surface area contributed by atoms with Crippen molar-refractivity contribution in [1.82, 2.24) is 10.2 Å². The topological polar surface area (TPSA) is 58.6 Å². The first-order valence-corrected chi connectivity index (χ1v) is 9.31. The molecule has 5 nitrogen and oxygen atoms in total. The molecule has 25 heavy (non-hydrogen) atoms. The number of carbonyl (C=O) groups excluding carboxylic acids is 2. The summed E-state index contributed by atoms with van der Waals surface area (Å²) in [5.74, 6) is 1.93. The minimum Gasteiger partial charge on any atom is -0.450 e. The van der Waals surface area contributed by atoms with E-state index in [-0.39, 0.29) is 11.8 Å². The van der Waals surface area contributed by atoms with Crippen LogP contribution in [-0.2, 0) is 9.53 Å². The van der Waals surface area contributed by atoms with Gasteiger partial charge in [-0.05, 0) is 61.1 Å². The van der Waals surface area contributed by atoms with Crippen molar-refractivity contribution in [3.63, 3.8) is 0 Å². The average Bonchev–Trinajstić information content (AvgIpc) is 3.07. The van der Waals surface area contributed by atoms with Crippen molar-refractivity contribution in [2.24, 2.45) is 17.8 Å². The van der Waals surface area contributed by atoms with E-state index >= 15 is 0 Å². The van der Waals surface area contributed by atoms with E-state index in [4.69, 9.17) is 4.74 Å². The summed E-state index contributed by atoms with van der Waals surface area (Å²) in [7, 11) is 0. The molecule has 0 radical (unpaired) electrons. The number of carbonyl (C=O) groups is 2. The number of amides is 2. The number of aryl methyl sites for hydroxylation is 2. The number of cyclic esters (lactones) is 1. The third-order valence-corrected chi connectivity index (χ3v) is 6.19. The van der Waals surface area contributed by atoms with Crippen LogP contribution in [0.2, 0.25) is 0 Å². The van der Waals surface area contributed by atoms with Crippen LogP contribution in [0.15, 0.2) is 18.2 Å². The van der Waals surface area contributed by atoms with Crippen molar-refractivity contribution >= 4 is 12.0 Å². The molecule has 5 heteroatoms. The van der Waals surface area contributed by atoms with Crippen molar-refractivity contribution in [3.8, 4) is 0 Å². The quantitative estimate of drug-likeness (QED) is 0.899. The highest BCUT2D eigenvalue weighted by atomic mass is 16.5. The molecule has 134 valence electrons. The Kier molecular flexibility index (Phi) is 4.18. The first-order valence-electron chi connectivity index (χ1n) is 9.31. The molecule has 3 aliphatic rings. The molecule has 0 aromatic heterocycles. The Bertz CT molecular complexity index is 690. The van der Waals surface area contributed by atoms with Gasteiger partial charge in [-0.25, -0.2) is 4.79 Å². The van der Waals surface area contributed by atoms with Crippen LogP contribution in [0.4, 0.5) is 4.79 Å².